The van der Waals surface area contributed by atoms with Crippen LogP contribution in [-0.4, -0.2) is 0 Å². The van der Waals surface area contributed by atoms with Crippen molar-refractivity contribution in [1.82, 2.24) is 0 Å². The highest BCUT2D eigenvalue weighted by molar-refractivity contribution is 5.52. The first kappa shape index (κ1) is 12.2. The lowest BCUT2D eigenvalue weighted by atomic mass is 10.0. The summed E-state index contributed by atoms with van der Waals surface area (Å²) < 4.78 is 13.2. The molecule has 2 aromatic rings. The first-order chi connectivity index (χ1) is 9.24. The van der Waals surface area contributed by atoms with E-state index in [0.29, 0.717) is 12.0 Å². The van der Waals surface area contributed by atoms with Crippen LogP contribution in [0, 0.1) is 18.7 Å². The van der Waals surface area contributed by atoms with Gasteiger partial charge in [0.15, 0.2) is 0 Å². The summed E-state index contributed by atoms with van der Waals surface area (Å²) in [4.78, 5) is 0. The molecule has 0 saturated heterocycles. The Morgan fingerprint density at radius 3 is 2.47 bits per heavy atom. The molecule has 0 aromatic heterocycles. The molecule has 1 atom stereocenters. The monoisotopic (exact) mass is 255 g/mol. The van der Waals surface area contributed by atoms with Crippen molar-refractivity contribution < 1.29 is 4.39 Å². The van der Waals surface area contributed by atoms with Crippen LogP contribution in [0.3, 0.4) is 0 Å². The zero-order chi connectivity index (χ0) is 13.2. The van der Waals surface area contributed by atoms with Gasteiger partial charge in [-0.3, -0.25) is 0 Å². The third-order valence-corrected chi connectivity index (χ3v) is 3.75. The molecular weight excluding hydrogens is 237 g/mol. The van der Waals surface area contributed by atoms with Gasteiger partial charge in [0, 0.05) is 5.69 Å². The quantitative estimate of drug-likeness (QED) is 0.835. The molecule has 98 valence electrons. The van der Waals surface area contributed by atoms with Crippen LogP contribution in [0.15, 0.2) is 48.5 Å². The van der Waals surface area contributed by atoms with Crippen LogP contribution in [0.1, 0.15) is 30.0 Å². The Kier molecular flexibility index (Phi) is 3.24. The lowest BCUT2D eigenvalue weighted by Crippen LogP contribution is -2.13. The van der Waals surface area contributed by atoms with Gasteiger partial charge in [0.25, 0.3) is 0 Å². The number of hydrogen-bond acceptors (Lipinski definition) is 1. The summed E-state index contributed by atoms with van der Waals surface area (Å²) in [5.74, 6) is 0.526. The van der Waals surface area contributed by atoms with E-state index < -0.39 is 0 Å². The summed E-state index contributed by atoms with van der Waals surface area (Å²) in [6, 6.07) is 15.8. The zero-order valence-electron chi connectivity index (χ0n) is 11.1. The Hall–Kier alpha value is -1.83. The standard InChI is InChI=1S/C17H18FN/c1-12-11-15(18)9-10-16(12)19-17(14-7-8-14)13-5-3-2-4-6-13/h2-6,9-11,14,17,19H,7-8H2,1H3. The number of anilines is 1. The summed E-state index contributed by atoms with van der Waals surface area (Å²) in [6.07, 6.45) is 2.54. The summed E-state index contributed by atoms with van der Waals surface area (Å²) in [7, 11) is 0. The molecular formula is C17H18FN. The number of hydrogen-bond donors (Lipinski definition) is 1. The van der Waals surface area contributed by atoms with E-state index in [1.165, 1.54) is 24.5 Å². The van der Waals surface area contributed by atoms with Crippen molar-refractivity contribution in [3.05, 3.63) is 65.5 Å². The van der Waals surface area contributed by atoms with Crippen LogP contribution in [0.5, 0.6) is 0 Å². The van der Waals surface area contributed by atoms with Crippen molar-refractivity contribution in [3.63, 3.8) is 0 Å². The van der Waals surface area contributed by atoms with Crippen molar-refractivity contribution in [1.29, 1.82) is 0 Å². The van der Waals surface area contributed by atoms with Gasteiger partial charge < -0.3 is 5.32 Å². The van der Waals surface area contributed by atoms with Crippen molar-refractivity contribution >= 4 is 5.69 Å². The fraction of sp³-hybridized carbons (Fsp3) is 0.294. The molecule has 0 amide bonds. The van der Waals surface area contributed by atoms with Gasteiger partial charge in [-0.1, -0.05) is 30.3 Å². The zero-order valence-corrected chi connectivity index (χ0v) is 11.1. The SMILES string of the molecule is Cc1cc(F)ccc1NC(c1ccccc1)C1CC1. The van der Waals surface area contributed by atoms with Crippen molar-refractivity contribution in [2.24, 2.45) is 5.92 Å². The second-order valence-electron chi connectivity index (χ2n) is 5.33. The topological polar surface area (TPSA) is 12.0 Å². The number of rotatable bonds is 4. The second kappa shape index (κ2) is 5.04. The predicted octanol–water partition coefficient (Wildman–Crippen LogP) is 4.70. The third kappa shape index (κ3) is 2.78. The molecule has 3 rings (SSSR count). The van der Waals surface area contributed by atoms with Gasteiger partial charge in [0.05, 0.1) is 6.04 Å². The summed E-state index contributed by atoms with van der Waals surface area (Å²) in [6.45, 7) is 1.94. The lowest BCUT2D eigenvalue weighted by Gasteiger charge is -2.21. The second-order valence-corrected chi connectivity index (χ2v) is 5.33. The first-order valence-electron chi connectivity index (χ1n) is 6.81. The van der Waals surface area contributed by atoms with Gasteiger partial charge >= 0.3 is 0 Å². The minimum atomic E-state index is -0.175. The molecule has 1 aliphatic carbocycles. The maximum Gasteiger partial charge on any atom is 0.123 e. The number of benzene rings is 2. The molecule has 1 nitrogen and oxygen atoms in total. The summed E-state index contributed by atoms with van der Waals surface area (Å²) in [5.41, 5.74) is 3.30. The van der Waals surface area contributed by atoms with E-state index in [9.17, 15) is 4.39 Å². The molecule has 2 aromatic carbocycles. The van der Waals surface area contributed by atoms with Gasteiger partial charge in [-0.2, -0.15) is 0 Å². The highest BCUT2D eigenvalue weighted by Gasteiger charge is 2.32. The average molecular weight is 255 g/mol. The Labute approximate surface area is 113 Å². The first-order valence-corrected chi connectivity index (χ1v) is 6.81. The molecule has 1 saturated carbocycles. The molecule has 0 heterocycles. The van der Waals surface area contributed by atoms with Crippen molar-refractivity contribution in [2.75, 3.05) is 5.32 Å². The van der Waals surface area contributed by atoms with E-state index in [-0.39, 0.29) is 5.82 Å². The Morgan fingerprint density at radius 2 is 1.84 bits per heavy atom. The van der Waals surface area contributed by atoms with Crippen LogP contribution in [0.4, 0.5) is 10.1 Å². The molecule has 1 fully saturated rings. The molecule has 1 unspecified atom stereocenters. The third-order valence-electron chi connectivity index (χ3n) is 3.75. The molecule has 1 N–H and O–H groups in total. The fourth-order valence-corrected chi connectivity index (χ4v) is 2.52. The molecule has 19 heavy (non-hydrogen) atoms. The maximum atomic E-state index is 13.2. The maximum absolute atomic E-state index is 13.2. The Bertz CT molecular complexity index is 561. The van der Waals surface area contributed by atoms with E-state index in [2.05, 4.69) is 29.6 Å². The highest BCUT2D eigenvalue weighted by atomic mass is 19.1. The summed E-state index contributed by atoms with van der Waals surface area (Å²) >= 11 is 0. The molecule has 1 aliphatic rings. The summed E-state index contributed by atoms with van der Waals surface area (Å²) in [5, 5.41) is 3.59. The number of nitrogens with one attached hydrogen (secondary N) is 1. The van der Waals surface area contributed by atoms with Crippen LogP contribution >= 0.6 is 0 Å². The van der Waals surface area contributed by atoms with E-state index in [0.717, 1.165) is 11.3 Å². The van der Waals surface area contributed by atoms with Gasteiger partial charge in [-0.25, -0.2) is 4.39 Å². The normalized spacial score (nSPS) is 16.1. The number of aryl methyl sites for hydroxylation is 1. The van der Waals surface area contributed by atoms with E-state index >= 15 is 0 Å². The largest absolute Gasteiger partial charge is 0.378 e. The van der Waals surface area contributed by atoms with Crippen LogP contribution in [0.2, 0.25) is 0 Å². The smallest absolute Gasteiger partial charge is 0.123 e. The molecule has 0 spiro atoms. The lowest BCUT2D eigenvalue weighted by molar-refractivity contribution is 0.626. The van der Waals surface area contributed by atoms with E-state index in [1.807, 2.05) is 19.1 Å². The van der Waals surface area contributed by atoms with Crippen LogP contribution in [-0.2, 0) is 0 Å². The van der Waals surface area contributed by atoms with Gasteiger partial charge in [-0.15, -0.1) is 0 Å². The van der Waals surface area contributed by atoms with Crippen LogP contribution < -0.4 is 5.32 Å². The fourth-order valence-electron chi connectivity index (χ4n) is 2.52. The average Bonchev–Trinajstić information content (AvgIpc) is 3.23. The van der Waals surface area contributed by atoms with Crippen molar-refractivity contribution in [3.8, 4) is 0 Å². The van der Waals surface area contributed by atoms with Crippen molar-refractivity contribution in [2.45, 2.75) is 25.8 Å². The van der Waals surface area contributed by atoms with Gasteiger partial charge in [-0.05, 0) is 55.0 Å². The predicted molar refractivity (Wildman–Crippen MR) is 76.7 cm³/mol. The Morgan fingerprint density at radius 1 is 1.11 bits per heavy atom. The van der Waals surface area contributed by atoms with Gasteiger partial charge in [0.1, 0.15) is 5.82 Å². The van der Waals surface area contributed by atoms with Gasteiger partial charge in [0.2, 0.25) is 0 Å². The molecule has 2 heteroatoms. The minimum Gasteiger partial charge on any atom is -0.378 e. The molecule has 0 bridgehead atoms. The highest BCUT2D eigenvalue weighted by Crippen LogP contribution is 2.43. The minimum absolute atomic E-state index is 0.175. The number of halogens is 1. The molecule has 0 radical (unpaired) electrons. The van der Waals surface area contributed by atoms with Crippen LogP contribution in [0.25, 0.3) is 0 Å². The van der Waals surface area contributed by atoms with E-state index in [1.54, 1.807) is 6.07 Å². The molecule has 0 aliphatic heterocycles. The Balaban J connectivity index is 1.86. The van der Waals surface area contributed by atoms with E-state index in [4.69, 9.17) is 0 Å².